The first kappa shape index (κ1) is 15.3. The van der Waals surface area contributed by atoms with Gasteiger partial charge in [0.05, 0.1) is 4.90 Å². The van der Waals surface area contributed by atoms with Crippen molar-refractivity contribution >= 4 is 27.1 Å². The number of nitrogens with two attached hydrogens (primary N) is 2. The summed E-state index contributed by atoms with van der Waals surface area (Å²) in [6, 6.07) is 12.9. The van der Waals surface area contributed by atoms with Gasteiger partial charge in [0, 0.05) is 23.6 Å². The van der Waals surface area contributed by atoms with Crippen LogP contribution in [0.5, 0.6) is 0 Å². The van der Waals surface area contributed by atoms with Crippen LogP contribution in [0.3, 0.4) is 0 Å². The molecule has 0 bridgehead atoms. The molecule has 4 N–H and O–H groups in total. The summed E-state index contributed by atoms with van der Waals surface area (Å²) < 4.78 is 23.4. The van der Waals surface area contributed by atoms with Gasteiger partial charge in [-0.15, -0.1) is 0 Å². The summed E-state index contributed by atoms with van der Waals surface area (Å²) in [5.74, 6) is 0. The molecule has 0 aromatic heterocycles. The third kappa shape index (κ3) is 3.17. The predicted molar refractivity (Wildman–Crippen MR) is 86.1 cm³/mol. The van der Waals surface area contributed by atoms with Gasteiger partial charge in [-0.25, -0.2) is 13.6 Å². The summed E-state index contributed by atoms with van der Waals surface area (Å²) in [4.78, 5) is 2.06. The Morgan fingerprint density at radius 2 is 1.76 bits per heavy atom. The Bertz CT molecular complexity index is 743. The summed E-state index contributed by atoms with van der Waals surface area (Å²) >= 11 is 0. The van der Waals surface area contributed by atoms with Gasteiger partial charge in [-0.05, 0) is 43.7 Å². The van der Waals surface area contributed by atoms with Crippen molar-refractivity contribution in [1.29, 1.82) is 0 Å². The van der Waals surface area contributed by atoms with Crippen molar-refractivity contribution in [2.75, 3.05) is 17.2 Å². The molecular formula is C15H19N3O2S. The zero-order valence-electron chi connectivity index (χ0n) is 12.1. The fourth-order valence-electron chi connectivity index (χ4n) is 2.37. The van der Waals surface area contributed by atoms with Crippen LogP contribution in [0.15, 0.2) is 47.4 Å². The Balaban J connectivity index is 2.65. The van der Waals surface area contributed by atoms with Crippen molar-refractivity contribution < 1.29 is 8.42 Å². The second-order valence-electron chi connectivity index (χ2n) is 4.79. The first-order chi connectivity index (χ1) is 9.84. The normalized spacial score (nSPS) is 11.4. The second kappa shape index (κ2) is 5.75. The molecule has 0 saturated carbocycles. The van der Waals surface area contributed by atoms with Crippen LogP contribution >= 0.6 is 0 Å². The van der Waals surface area contributed by atoms with Gasteiger partial charge in [0.25, 0.3) is 0 Å². The average molecular weight is 305 g/mol. The molecule has 2 rings (SSSR count). The highest BCUT2D eigenvalue weighted by Crippen LogP contribution is 2.33. The van der Waals surface area contributed by atoms with Gasteiger partial charge in [0.2, 0.25) is 10.0 Å². The highest BCUT2D eigenvalue weighted by atomic mass is 32.2. The van der Waals surface area contributed by atoms with Gasteiger partial charge in [0.15, 0.2) is 0 Å². The smallest absolute Gasteiger partial charge is 0.238 e. The third-order valence-corrected chi connectivity index (χ3v) is 4.37. The number of nitrogens with zero attached hydrogens (tertiary/aromatic N) is 1. The highest BCUT2D eigenvalue weighted by molar-refractivity contribution is 7.89. The molecule has 0 saturated heterocycles. The topological polar surface area (TPSA) is 89.4 Å². The molecule has 0 aliphatic heterocycles. The van der Waals surface area contributed by atoms with Crippen LogP contribution in [-0.4, -0.2) is 15.0 Å². The van der Waals surface area contributed by atoms with E-state index in [9.17, 15) is 8.42 Å². The Kier molecular flexibility index (Phi) is 4.20. The van der Waals surface area contributed by atoms with Gasteiger partial charge >= 0.3 is 0 Å². The average Bonchev–Trinajstić information content (AvgIpc) is 2.43. The number of primary sulfonamides is 1. The quantitative estimate of drug-likeness (QED) is 0.849. The minimum atomic E-state index is -3.81. The van der Waals surface area contributed by atoms with Crippen LogP contribution < -0.4 is 15.8 Å². The number of hydrogen-bond donors (Lipinski definition) is 2. The molecule has 112 valence electrons. The van der Waals surface area contributed by atoms with Gasteiger partial charge in [0.1, 0.15) is 0 Å². The lowest BCUT2D eigenvalue weighted by Gasteiger charge is -2.26. The SMILES string of the molecule is CCN(c1ccccc1)c1cc(N)cc(S(N)(=O)=O)c1C. The minimum absolute atomic E-state index is 0.0619. The molecule has 5 nitrogen and oxygen atoms in total. The number of hydrogen-bond acceptors (Lipinski definition) is 4. The van der Waals surface area contributed by atoms with Crippen molar-refractivity contribution in [1.82, 2.24) is 0 Å². The van der Waals surface area contributed by atoms with E-state index in [2.05, 4.69) is 0 Å². The van der Waals surface area contributed by atoms with E-state index in [0.29, 0.717) is 17.8 Å². The number of anilines is 3. The molecule has 2 aromatic rings. The standard InChI is InChI=1S/C15H19N3O2S/c1-3-18(13-7-5-4-6-8-13)14-9-12(16)10-15(11(14)2)21(17,19)20/h4-10H,3,16H2,1-2H3,(H2,17,19,20). The fourth-order valence-corrected chi connectivity index (χ4v) is 3.20. The van der Waals surface area contributed by atoms with Crippen LogP contribution in [0.1, 0.15) is 12.5 Å². The first-order valence-electron chi connectivity index (χ1n) is 6.60. The van der Waals surface area contributed by atoms with Crippen molar-refractivity contribution in [3.63, 3.8) is 0 Å². The second-order valence-corrected chi connectivity index (χ2v) is 6.32. The van der Waals surface area contributed by atoms with Crippen molar-refractivity contribution in [2.24, 2.45) is 5.14 Å². The molecule has 0 aliphatic rings. The van der Waals surface area contributed by atoms with Crippen molar-refractivity contribution in [2.45, 2.75) is 18.7 Å². The van der Waals surface area contributed by atoms with E-state index >= 15 is 0 Å². The lowest BCUT2D eigenvalue weighted by molar-refractivity contribution is 0.597. The molecular weight excluding hydrogens is 286 g/mol. The molecule has 0 amide bonds. The summed E-state index contributed by atoms with van der Waals surface area (Å²) in [5.41, 5.74) is 8.52. The number of nitrogen functional groups attached to an aromatic ring is 1. The van der Waals surface area contributed by atoms with Crippen LogP contribution in [0.4, 0.5) is 17.1 Å². The summed E-state index contributed by atoms with van der Waals surface area (Å²) in [7, 11) is -3.81. The molecule has 0 unspecified atom stereocenters. The molecule has 2 aromatic carbocycles. The van der Waals surface area contributed by atoms with E-state index in [4.69, 9.17) is 10.9 Å². The van der Waals surface area contributed by atoms with E-state index in [1.54, 1.807) is 13.0 Å². The molecule has 0 aliphatic carbocycles. The van der Waals surface area contributed by atoms with Gasteiger partial charge in [-0.1, -0.05) is 18.2 Å². The lowest BCUT2D eigenvalue weighted by Crippen LogP contribution is -2.20. The zero-order valence-corrected chi connectivity index (χ0v) is 12.9. The summed E-state index contributed by atoms with van der Waals surface area (Å²) in [5, 5.41) is 5.27. The Morgan fingerprint density at radius 1 is 1.14 bits per heavy atom. The van der Waals surface area contributed by atoms with Crippen LogP contribution in [0.2, 0.25) is 0 Å². The predicted octanol–water partition coefficient (Wildman–Crippen LogP) is 2.38. The van der Waals surface area contributed by atoms with Crippen LogP contribution in [0, 0.1) is 6.92 Å². The lowest BCUT2D eigenvalue weighted by atomic mass is 10.1. The number of sulfonamides is 1. The van der Waals surface area contributed by atoms with E-state index in [-0.39, 0.29) is 4.90 Å². The maximum absolute atomic E-state index is 11.7. The third-order valence-electron chi connectivity index (χ3n) is 3.34. The van der Waals surface area contributed by atoms with E-state index in [0.717, 1.165) is 11.4 Å². The fraction of sp³-hybridized carbons (Fsp3) is 0.200. The van der Waals surface area contributed by atoms with E-state index < -0.39 is 10.0 Å². The Hall–Kier alpha value is -2.05. The molecule has 0 heterocycles. The molecule has 0 atom stereocenters. The molecule has 0 radical (unpaired) electrons. The zero-order chi connectivity index (χ0) is 15.6. The number of para-hydroxylation sites is 1. The Labute approximate surface area is 125 Å². The van der Waals surface area contributed by atoms with E-state index in [1.165, 1.54) is 6.07 Å². The van der Waals surface area contributed by atoms with Crippen molar-refractivity contribution in [3.05, 3.63) is 48.0 Å². The maximum Gasteiger partial charge on any atom is 0.238 e. The van der Waals surface area contributed by atoms with Gasteiger partial charge in [-0.3, -0.25) is 0 Å². The molecule has 21 heavy (non-hydrogen) atoms. The molecule has 0 fully saturated rings. The van der Waals surface area contributed by atoms with Crippen LogP contribution in [-0.2, 0) is 10.0 Å². The molecule has 6 heteroatoms. The highest BCUT2D eigenvalue weighted by Gasteiger charge is 2.19. The van der Waals surface area contributed by atoms with Gasteiger partial charge < -0.3 is 10.6 Å². The van der Waals surface area contributed by atoms with Gasteiger partial charge in [-0.2, -0.15) is 0 Å². The monoisotopic (exact) mass is 305 g/mol. The summed E-state index contributed by atoms with van der Waals surface area (Å²) in [6.45, 7) is 4.41. The van der Waals surface area contributed by atoms with Crippen molar-refractivity contribution in [3.8, 4) is 0 Å². The molecule has 0 spiro atoms. The number of rotatable bonds is 4. The first-order valence-corrected chi connectivity index (χ1v) is 8.14. The Morgan fingerprint density at radius 3 is 2.29 bits per heavy atom. The van der Waals surface area contributed by atoms with E-state index in [1.807, 2.05) is 42.2 Å². The minimum Gasteiger partial charge on any atom is -0.399 e. The number of benzene rings is 2. The largest absolute Gasteiger partial charge is 0.399 e. The van der Waals surface area contributed by atoms with Crippen LogP contribution in [0.25, 0.3) is 0 Å². The summed E-state index contributed by atoms with van der Waals surface area (Å²) in [6.07, 6.45) is 0. The maximum atomic E-state index is 11.7.